The maximum absolute atomic E-state index is 12.7. The molecule has 0 spiro atoms. The number of carbonyl (C=O) groups excluding carboxylic acids is 2. The van der Waals surface area contributed by atoms with Crippen molar-refractivity contribution in [3.8, 4) is 0 Å². The summed E-state index contributed by atoms with van der Waals surface area (Å²) in [6.07, 6.45) is 2.98. The Labute approximate surface area is 175 Å². The molecule has 2 heterocycles. The monoisotopic (exact) mass is 435 g/mol. The van der Waals surface area contributed by atoms with Crippen molar-refractivity contribution >= 4 is 38.9 Å². The predicted octanol–water partition coefficient (Wildman–Crippen LogP) is 2.74. The van der Waals surface area contributed by atoms with Crippen LogP contribution >= 0.6 is 11.3 Å². The summed E-state index contributed by atoms with van der Waals surface area (Å²) in [5.74, 6) is -0.335. The van der Waals surface area contributed by atoms with Crippen LogP contribution in [0.5, 0.6) is 0 Å². The molecule has 2 N–H and O–H groups in total. The third kappa shape index (κ3) is 5.88. The van der Waals surface area contributed by atoms with Crippen molar-refractivity contribution in [1.29, 1.82) is 0 Å². The smallest absolute Gasteiger partial charge is 0.252 e. The maximum atomic E-state index is 12.7. The normalized spacial score (nSPS) is 15.1. The molecule has 1 fully saturated rings. The molecule has 0 aliphatic carbocycles. The minimum Gasteiger partial charge on any atom is -0.352 e. The molecule has 0 radical (unpaired) electrons. The van der Waals surface area contributed by atoms with Gasteiger partial charge in [0.15, 0.2) is 0 Å². The number of sulfonamides is 1. The Morgan fingerprint density at radius 1 is 1.10 bits per heavy atom. The second-order valence-corrected chi connectivity index (χ2v) is 10.4. The molecule has 1 aliphatic heterocycles. The number of anilines is 1. The Hall–Kier alpha value is -2.23. The van der Waals surface area contributed by atoms with Crippen LogP contribution in [0.1, 0.15) is 36.6 Å². The fourth-order valence-corrected chi connectivity index (χ4v) is 6.23. The van der Waals surface area contributed by atoms with E-state index in [4.69, 9.17) is 0 Å². The van der Waals surface area contributed by atoms with Crippen molar-refractivity contribution in [1.82, 2.24) is 9.62 Å². The molecule has 2 amide bonds. The highest BCUT2D eigenvalue weighted by Gasteiger charge is 2.27. The first-order chi connectivity index (χ1) is 13.8. The topological polar surface area (TPSA) is 95.6 Å². The first-order valence-electron chi connectivity index (χ1n) is 9.57. The lowest BCUT2D eigenvalue weighted by Gasteiger charge is -2.25. The number of carbonyl (C=O) groups is 2. The van der Waals surface area contributed by atoms with Gasteiger partial charge in [-0.15, -0.1) is 11.3 Å². The van der Waals surface area contributed by atoms with Gasteiger partial charge in [0.1, 0.15) is 4.21 Å². The number of hydrogen-bond donors (Lipinski definition) is 2. The van der Waals surface area contributed by atoms with E-state index in [-0.39, 0.29) is 18.2 Å². The standard InChI is InChI=1S/C20H25N3O4S2/c1-15(24)22-17-7-5-6-16(12-17)14-21-19(25)13-18-8-9-20(28-18)29(26,27)23-10-3-2-4-11-23/h5-9,12H,2-4,10-11,13-14H2,1H3,(H,21,25)(H,22,24). The molecule has 29 heavy (non-hydrogen) atoms. The minimum absolute atomic E-state index is 0.131. The summed E-state index contributed by atoms with van der Waals surface area (Å²) in [6, 6.07) is 10.6. The molecule has 0 unspecified atom stereocenters. The molecule has 1 aromatic heterocycles. The molecule has 1 saturated heterocycles. The number of amides is 2. The molecule has 0 atom stereocenters. The highest BCUT2D eigenvalue weighted by Crippen LogP contribution is 2.27. The molecule has 156 valence electrons. The average Bonchev–Trinajstić information content (AvgIpc) is 3.16. The summed E-state index contributed by atoms with van der Waals surface area (Å²) >= 11 is 1.15. The zero-order valence-corrected chi connectivity index (χ0v) is 17.9. The van der Waals surface area contributed by atoms with Crippen LogP contribution in [0.25, 0.3) is 0 Å². The molecule has 0 bridgehead atoms. The quantitative estimate of drug-likeness (QED) is 0.699. The van der Waals surface area contributed by atoms with Crippen LogP contribution in [0.4, 0.5) is 5.69 Å². The van der Waals surface area contributed by atoms with Crippen LogP contribution in [-0.2, 0) is 32.6 Å². The van der Waals surface area contributed by atoms with Crippen molar-refractivity contribution in [3.05, 3.63) is 46.8 Å². The van der Waals surface area contributed by atoms with Gasteiger partial charge in [0, 0.05) is 37.1 Å². The van der Waals surface area contributed by atoms with Gasteiger partial charge in [-0.2, -0.15) is 4.31 Å². The van der Waals surface area contributed by atoms with Crippen LogP contribution in [0, 0.1) is 0 Å². The lowest BCUT2D eigenvalue weighted by molar-refractivity contribution is -0.120. The lowest BCUT2D eigenvalue weighted by atomic mass is 10.2. The van der Waals surface area contributed by atoms with Crippen molar-refractivity contribution in [3.63, 3.8) is 0 Å². The van der Waals surface area contributed by atoms with E-state index in [1.54, 1.807) is 24.3 Å². The molecule has 7 nitrogen and oxygen atoms in total. The molecular formula is C20H25N3O4S2. The molecule has 9 heteroatoms. The van der Waals surface area contributed by atoms with Gasteiger partial charge in [-0.05, 0) is 42.7 Å². The lowest BCUT2D eigenvalue weighted by Crippen LogP contribution is -2.35. The van der Waals surface area contributed by atoms with Crippen molar-refractivity contribution in [2.75, 3.05) is 18.4 Å². The predicted molar refractivity (Wildman–Crippen MR) is 113 cm³/mol. The van der Waals surface area contributed by atoms with Gasteiger partial charge in [-0.1, -0.05) is 18.6 Å². The first-order valence-corrected chi connectivity index (χ1v) is 11.8. The number of rotatable bonds is 7. The number of nitrogens with one attached hydrogen (secondary N) is 2. The Bertz CT molecular complexity index is 979. The summed E-state index contributed by atoms with van der Waals surface area (Å²) in [5.41, 5.74) is 1.54. The second kappa shape index (κ2) is 9.51. The van der Waals surface area contributed by atoms with E-state index in [0.29, 0.717) is 34.4 Å². The third-order valence-corrected chi connectivity index (χ3v) is 8.07. The van der Waals surface area contributed by atoms with Gasteiger partial charge in [0.25, 0.3) is 10.0 Å². The summed E-state index contributed by atoms with van der Waals surface area (Å²) < 4.78 is 27.3. The molecule has 3 rings (SSSR count). The van der Waals surface area contributed by atoms with E-state index >= 15 is 0 Å². The van der Waals surface area contributed by atoms with E-state index in [0.717, 1.165) is 36.2 Å². The van der Waals surface area contributed by atoms with Gasteiger partial charge in [0.2, 0.25) is 11.8 Å². The van der Waals surface area contributed by atoms with Crippen LogP contribution in [0.3, 0.4) is 0 Å². The fourth-order valence-electron chi connectivity index (χ4n) is 3.21. The number of thiophene rings is 1. The van der Waals surface area contributed by atoms with Crippen LogP contribution in [0.15, 0.2) is 40.6 Å². The van der Waals surface area contributed by atoms with E-state index in [9.17, 15) is 18.0 Å². The number of nitrogens with zero attached hydrogens (tertiary/aromatic N) is 1. The summed E-state index contributed by atoms with van der Waals surface area (Å²) in [7, 11) is -3.46. The Morgan fingerprint density at radius 2 is 1.86 bits per heavy atom. The van der Waals surface area contributed by atoms with Gasteiger partial charge >= 0.3 is 0 Å². The van der Waals surface area contributed by atoms with Gasteiger partial charge in [-0.3, -0.25) is 9.59 Å². The van der Waals surface area contributed by atoms with Crippen LogP contribution < -0.4 is 10.6 Å². The molecule has 1 aromatic carbocycles. The number of hydrogen-bond acceptors (Lipinski definition) is 5. The Kier molecular flexibility index (Phi) is 7.05. The molecule has 0 saturated carbocycles. The van der Waals surface area contributed by atoms with Crippen LogP contribution in [0.2, 0.25) is 0 Å². The van der Waals surface area contributed by atoms with Crippen molar-refractivity contribution in [2.45, 2.75) is 43.4 Å². The second-order valence-electron chi connectivity index (χ2n) is 7.02. The minimum atomic E-state index is -3.46. The Balaban J connectivity index is 1.56. The molecular weight excluding hydrogens is 410 g/mol. The molecule has 1 aliphatic rings. The van der Waals surface area contributed by atoms with Gasteiger partial charge in [0.05, 0.1) is 6.42 Å². The van der Waals surface area contributed by atoms with E-state index in [2.05, 4.69) is 10.6 Å². The van der Waals surface area contributed by atoms with Crippen molar-refractivity contribution < 1.29 is 18.0 Å². The zero-order chi connectivity index (χ0) is 20.9. The first kappa shape index (κ1) is 21.5. The average molecular weight is 436 g/mol. The highest BCUT2D eigenvalue weighted by atomic mass is 32.2. The zero-order valence-electron chi connectivity index (χ0n) is 16.3. The van der Waals surface area contributed by atoms with E-state index in [1.807, 2.05) is 12.1 Å². The van der Waals surface area contributed by atoms with Crippen LogP contribution in [-0.4, -0.2) is 37.6 Å². The Morgan fingerprint density at radius 3 is 2.59 bits per heavy atom. The van der Waals surface area contributed by atoms with Gasteiger partial charge in [-0.25, -0.2) is 8.42 Å². The van der Waals surface area contributed by atoms with Crippen molar-refractivity contribution in [2.24, 2.45) is 0 Å². The molecule has 2 aromatic rings. The van der Waals surface area contributed by atoms with E-state index in [1.165, 1.54) is 11.2 Å². The summed E-state index contributed by atoms with van der Waals surface area (Å²) in [5, 5.41) is 5.54. The fraction of sp³-hybridized carbons (Fsp3) is 0.400. The summed E-state index contributed by atoms with van der Waals surface area (Å²) in [6.45, 7) is 2.90. The SMILES string of the molecule is CC(=O)Nc1cccc(CNC(=O)Cc2ccc(S(=O)(=O)N3CCCCC3)s2)c1. The highest BCUT2D eigenvalue weighted by molar-refractivity contribution is 7.91. The number of benzene rings is 1. The van der Waals surface area contributed by atoms with Gasteiger partial charge < -0.3 is 10.6 Å². The summed E-state index contributed by atoms with van der Waals surface area (Å²) in [4.78, 5) is 24.1. The largest absolute Gasteiger partial charge is 0.352 e. The van der Waals surface area contributed by atoms with E-state index < -0.39 is 10.0 Å². The maximum Gasteiger partial charge on any atom is 0.252 e. The number of piperidine rings is 1. The third-order valence-electron chi connectivity index (χ3n) is 4.62.